The van der Waals surface area contributed by atoms with E-state index in [1.54, 1.807) is 6.20 Å². The topological polar surface area (TPSA) is 70.2 Å². The van der Waals surface area contributed by atoms with Gasteiger partial charge in [-0.2, -0.15) is 4.98 Å². The highest BCUT2D eigenvalue weighted by Gasteiger charge is 2.32. The number of carbonyl (C=O) groups is 1. The molecule has 2 N–H and O–H groups in total. The molecule has 2 unspecified atom stereocenters. The smallest absolute Gasteiger partial charge is 0.247 e. The second-order valence-corrected chi connectivity index (χ2v) is 7.21. The Morgan fingerprint density at radius 1 is 1.23 bits per heavy atom. The zero-order chi connectivity index (χ0) is 18.5. The van der Waals surface area contributed by atoms with Gasteiger partial charge in [-0.25, -0.2) is 4.98 Å². The number of nitrogens with zero attached hydrogens (tertiary/aromatic N) is 3. The fourth-order valence-electron chi connectivity index (χ4n) is 3.45. The van der Waals surface area contributed by atoms with Crippen molar-refractivity contribution in [2.75, 3.05) is 23.3 Å². The third-order valence-electron chi connectivity index (χ3n) is 4.46. The van der Waals surface area contributed by atoms with Crippen molar-refractivity contribution in [3.05, 3.63) is 48.2 Å². The summed E-state index contributed by atoms with van der Waals surface area (Å²) in [7, 11) is 0. The molecule has 0 aliphatic carbocycles. The standard InChI is InChI=1S/C20H27N5O/c1-14(2)13-15(3)23-20-22-10-9-17(24-20)25-12-11-21-19(26)18(25)16-7-5-4-6-8-16/h4-10,14-15,18H,11-13H2,1-3H3,(H,21,26)(H,22,23,24). The number of hydrogen-bond acceptors (Lipinski definition) is 5. The Morgan fingerprint density at radius 2 is 2.00 bits per heavy atom. The van der Waals surface area contributed by atoms with E-state index in [1.807, 2.05) is 41.3 Å². The fourth-order valence-corrected chi connectivity index (χ4v) is 3.45. The van der Waals surface area contributed by atoms with E-state index < -0.39 is 0 Å². The van der Waals surface area contributed by atoms with E-state index in [0.29, 0.717) is 31.0 Å². The summed E-state index contributed by atoms with van der Waals surface area (Å²) in [5, 5.41) is 6.33. The first-order valence-corrected chi connectivity index (χ1v) is 9.23. The summed E-state index contributed by atoms with van der Waals surface area (Å²) >= 11 is 0. The molecule has 1 aliphatic heterocycles. The third-order valence-corrected chi connectivity index (χ3v) is 4.46. The number of benzene rings is 1. The highest BCUT2D eigenvalue weighted by atomic mass is 16.2. The molecule has 1 aliphatic rings. The summed E-state index contributed by atoms with van der Waals surface area (Å²) in [6.45, 7) is 7.86. The second-order valence-electron chi connectivity index (χ2n) is 7.21. The highest BCUT2D eigenvalue weighted by Crippen LogP contribution is 2.28. The number of piperazine rings is 1. The second kappa shape index (κ2) is 8.17. The lowest BCUT2D eigenvalue weighted by atomic mass is 10.0. The van der Waals surface area contributed by atoms with Gasteiger partial charge < -0.3 is 15.5 Å². The summed E-state index contributed by atoms with van der Waals surface area (Å²) in [5.74, 6) is 1.98. The monoisotopic (exact) mass is 353 g/mol. The summed E-state index contributed by atoms with van der Waals surface area (Å²) in [5.41, 5.74) is 0.964. The first-order valence-electron chi connectivity index (χ1n) is 9.23. The Balaban J connectivity index is 1.84. The molecule has 2 heterocycles. The van der Waals surface area contributed by atoms with Crippen LogP contribution in [-0.4, -0.2) is 35.0 Å². The lowest BCUT2D eigenvalue weighted by molar-refractivity contribution is -0.123. The minimum absolute atomic E-state index is 0.00347. The van der Waals surface area contributed by atoms with Crippen LogP contribution in [0.1, 0.15) is 38.8 Å². The van der Waals surface area contributed by atoms with Crippen molar-refractivity contribution in [3.8, 4) is 0 Å². The first kappa shape index (κ1) is 18.2. The van der Waals surface area contributed by atoms with Crippen LogP contribution < -0.4 is 15.5 Å². The number of amides is 1. The molecule has 0 spiro atoms. The average Bonchev–Trinajstić information content (AvgIpc) is 2.61. The predicted octanol–water partition coefficient (Wildman–Crippen LogP) is 3.00. The van der Waals surface area contributed by atoms with Crippen molar-refractivity contribution in [2.24, 2.45) is 5.92 Å². The Morgan fingerprint density at radius 3 is 2.73 bits per heavy atom. The van der Waals surface area contributed by atoms with Gasteiger partial charge in [0.05, 0.1) is 0 Å². The summed E-state index contributed by atoms with van der Waals surface area (Å²) in [6, 6.07) is 11.6. The van der Waals surface area contributed by atoms with Crippen molar-refractivity contribution >= 4 is 17.7 Å². The zero-order valence-electron chi connectivity index (χ0n) is 15.6. The van der Waals surface area contributed by atoms with E-state index in [0.717, 1.165) is 17.8 Å². The van der Waals surface area contributed by atoms with Crippen molar-refractivity contribution < 1.29 is 4.79 Å². The first-order chi connectivity index (χ1) is 12.5. The maximum Gasteiger partial charge on any atom is 0.247 e. The number of rotatable bonds is 6. The SMILES string of the molecule is CC(C)CC(C)Nc1nccc(N2CCNC(=O)C2c2ccccc2)n1. The van der Waals surface area contributed by atoms with Gasteiger partial charge in [-0.05, 0) is 30.9 Å². The predicted molar refractivity (Wildman–Crippen MR) is 104 cm³/mol. The number of carbonyl (C=O) groups excluding carboxylic acids is 1. The Labute approximate surface area is 155 Å². The van der Waals surface area contributed by atoms with E-state index >= 15 is 0 Å². The normalized spacial score (nSPS) is 18.5. The van der Waals surface area contributed by atoms with Gasteiger partial charge in [0, 0.05) is 25.3 Å². The Hall–Kier alpha value is -2.63. The van der Waals surface area contributed by atoms with Gasteiger partial charge in [0.15, 0.2) is 0 Å². The molecule has 3 rings (SSSR count). The molecule has 2 aromatic rings. The molecule has 2 atom stereocenters. The lowest BCUT2D eigenvalue weighted by Crippen LogP contribution is -2.50. The fraction of sp³-hybridized carbons (Fsp3) is 0.450. The van der Waals surface area contributed by atoms with Gasteiger partial charge in [0.25, 0.3) is 0 Å². The third kappa shape index (κ3) is 4.31. The van der Waals surface area contributed by atoms with E-state index in [-0.39, 0.29) is 11.9 Å². The molecule has 0 saturated carbocycles. The molecule has 1 aromatic heterocycles. The van der Waals surface area contributed by atoms with E-state index in [2.05, 4.69) is 41.4 Å². The van der Waals surface area contributed by atoms with Gasteiger partial charge >= 0.3 is 0 Å². The molecule has 1 saturated heterocycles. The Kier molecular flexibility index (Phi) is 5.71. The van der Waals surface area contributed by atoms with Gasteiger partial charge in [-0.1, -0.05) is 44.2 Å². The largest absolute Gasteiger partial charge is 0.352 e. The van der Waals surface area contributed by atoms with Gasteiger partial charge in [-0.15, -0.1) is 0 Å². The number of hydrogen-bond donors (Lipinski definition) is 2. The number of aromatic nitrogens is 2. The van der Waals surface area contributed by atoms with Crippen LogP contribution in [0, 0.1) is 5.92 Å². The number of nitrogens with one attached hydrogen (secondary N) is 2. The molecule has 1 fully saturated rings. The summed E-state index contributed by atoms with van der Waals surface area (Å²) in [6.07, 6.45) is 2.80. The van der Waals surface area contributed by atoms with Crippen LogP contribution in [0.2, 0.25) is 0 Å². The summed E-state index contributed by atoms with van der Waals surface area (Å²) < 4.78 is 0. The summed E-state index contributed by atoms with van der Waals surface area (Å²) in [4.78, 5) is 23.6. The molecule has 0 bridgehead atoms. The molecule has 6 nitrogen and oxygen atoms in total. The Bertz CT molecular complexity index is 734. The van der Waals surface area contributed by atoms with Crippen molar-refractivity contribution in [1.29, 1.82) is 0 Å². The minimum atomic E-state index is -0.374. The van der Waals surface area contributed by atoms with Crippen LogP contribution in [0.5, 0.6) is 0 Å². The van der Waals surface area contributed by atoms with Crippen LogP contribution in [0.4, 0.5) is 11.8 Å². The van der Waals surface area contributed by atoms with Crippen LogP contribution in [0.15, 0.2) is 42.6 Å². The maximum atomic E-state index is 12.6. The van der Waals surface area contributed by atoms with E-state index in [9.17, 15) is 4.79 Å². The quantitative estimate of drug-likeness (QED) is 0.835. The van der Waals surface area contributed by atoms with Crippen LogP contribution >= 0.6 is 0 Å². The van der Waals surface area contributed by atoms with Crippen molar-refractivity contribution in [3.63, 3.8) is 0 Å². The molecule has 138 valence electrons. The molecular weight excluding hydrogens is 326 g/mol. The maximum absolute atomic E-state index is 12.6. The van der Waals surface area contributed by atoms with Gasteiger partial charge in [0.2, 0.25) is 11.9 Å². The lowest BCUT2D eigenvalue weighted by Gasteiger charge is -2.36. The van der Waals surface area contributed by atoms with E-state index in [4.69, 9.17) is 0 Å². The van der Waals surface area contributed by atoms with Gasteiger partial charge in [-0.3, -0.25) is 4.79 Å². The molecule has 26 heavy (non-hydrogen) atoms. The van der Waals surface area contributed by atoms with Crippen molar-refractivity contribution in [1.82, 2.24) is 15.3 Å². The molecular formula is C20H27N5O. The van der Waals surface area contributed by atoms with Crippen molar-refractivity contribution in [2.45, 2.75) is 39.3 Å². The molecule has 0 radical (unpaired) electrons. The minimum Gasteiger partial charge on any atom is -0.352 e. The molecule has 1 aromatic carbocycles. The van der Waals surface area contributed by atoms with Crippen LogP contribution in [0.3, 0.4) is 0 Å². The zero-order valence-corrected chi connectivity index (χ0v) is 15.6. The average molecular weight is 353 g/mol. The number of anilines is 2. The highest BCUT2D eigenvalue weighted by molar-refractivity contribution is 5.87. The van der Waals surface area contributed by atoms with Crippen LogP contribution in [0.25, 0.3) is 0 Å². The van der Waals surface area contributed by atoms with Gasteiger partial charge in [0.1, 0.15) is 11.9 Å². The van der Waals surface area contributed by atoms with E-state index in [1.165, 1.54) is 0 Å². The van der Waals surface area contributed by atoms with Crippen LogP contribution in [-0.2, 0) is 4.79 Å². The molecule has 1 amide bonds. The molecule has 6 heteroatoms.